The number of ether oxygens (including phenoxy) is 2. The molecule has 0 unspecified atom stereocenters. The van der Waals surface area contributed by atoms with Crippen molar-refractivity contribution in [2.45, 2.75) is 13.8 Å². The van der Waals surface area contributed by atoms with Crippen LogP contribution in [0.1, 0.15) is 19.4 Å². The first-order valence-corrected chi connectivity index (χ1v) is 11.8. The average Bonchev–Trinajstić information content (AvgIpc) is 2.68. The first-order valence-electron chi connectivity index (χ1n) is 9.19. The fraction of sp³-hybridized carbons (Fsp3) is 0.300. The first-order chi connectivity index (χ1) is 14.2. The molecule has 0 aromatic heterocycles. The summed E-state index contributed by atoms with van der Waals surface area (Å²) in [5.41, 5.74) is 3.42. The minimum atomic E-state index is -3.65. The SMILES string of the molecule is CCOc1ccc(/C=N\NC(=O)CN(c2ccc(Br)cc2)S(C)(=O)=O)cc1OCC. The standard InChI is InChI=1S/C20H24BrN3O5S/c1-4-28-18-11-6-15(12-19(18)29-5-2)13-22-23-20(25)14-24(30(3,26)27)17-9-7-16(21)8-10-17/h6-13H,4-5,14H2,1-3H3,(H,23,25)/b22-13-. The normalized spacial score (nSPS) is 11.3. The van der Waals surface area contributed by atoms with Gasteiger partial charge in [0.15, 0.2) is 11.5 Å². The average molecular weight is 498 g/mol. The van der Waals surface area contributed by atoms with Crippen molar-refractivity contribution in [2.24, 2.45) is 5.10 Å². The highest BCUT2D eigenvalue weighted by molar-refractivity contribution is 9.10. The fourth-order valence-corrected chi connectivity index (χ4v) is 3.62. The molecule has 8 nitrogen and oxygen atoms in total. The van der Waals surface area contributed by atoms with Crippen LogP contribution in [0.5, 0.6) is 11.5 Å². The highest BCUT2D eigenvalue weighted by Gasteiger charge is 2.20. The Balaban J connectivity index is 2.07. The van der Waals surface area contributed by atoms with Crippen LogP contribution in [0.2, 0.25) is 0 Å². The maximum absolute atomic E-state index is 12.3. The number of nitrogens with zero attached hydrogens (tertiary/aromatic N) is 2. The van der Waals surface area contributed by atoms with Gasteiger partial charge in [-0.2, -0.15) is 5.10 Å². The van der Waals surface area contributed by atoms with Crippen molar-refractivity contribution in [3.63, 3.8) is 0 Å². The molecule has 0 bridgehead atoms. The molecule has 30 heavy (non-hydrogen) atoms. The Kier molecular flexibility index (Phi) is 8.67. The number of carbonyl (C=O) groups excluding carboxylic acids is 1. The molecule has 2 rings (SSSR count). The van der Waals surface area contributed by atoms with Crippen molar-refractivity contribution in [2.75, 3.05) is 30.3 Å². The third-order valence-electron chi connectivity index (χ3n) is 3.77. The topological polar surface area (TPSA) is 97.3 Å². The predicted octanol–water partition coefficient (Wildman–Crippen LogP) is 3.16. The Morgan fingerprint density at radius 1 is 1.10 bits per heavy atom. The van der Waals surface area contributed by atoms with E-state index in [1.165, 1.54) is 6.21 Å². The van der Waals surface area contributed by atoms with Gasteiger partial charge in [0.2, 0.25) is 10.0 Å². The van der Waals surface area contributed by atoms with E-state index < -0.39 is 22.5 Å². The summed E-state index contributed by atoms with van der Waals surface area (Å²) >= 11 is 3.30. The molecule has 162 valence electrons. The molecule has 1 N–H and O–H groups in total. The summed E-state index contributed by atoms with van der Waals surface area (Å²) in [5, 5.41) is 3.91. The summed E-state index contributed by atoms with van der Waals surface area (Å²) in [7, 11) is -3.65. The van der Waals surface area contributed by atoms with Gasteiger partial charge in [0, 0.05) is 4.47 Å². The number of anilines is 1. The second-order valence-corrected chi connectivity index (χ2v) is 8.93. The van der Waals surface area contributed by atoms with Crippen molar-refractivity contribution in [3.05, 3.63) is 52.5 Å². The van der Waals surface area contributed by atoms with E-state index in [9.17, 15) is 13.2 Å². The summed E-state index contributed by atoms with van der Waals surface area (Å²) in [4.78, 5) is 12.3. The quantitative estimate of drug-likeness (QED) is 0.401. The van der Waals surface area contributed by atoms with E-state index >= 15 is 0 Å². The van der Waals surface area contributed by atoms with Gasteiger partial charge in [0.25, 0.3) is 5.91 Å². The van der Waals surface area contributed by atoms with E-state index in [1.807, 2.05) is 13.8 Å². The van der Waals surface area contributed by atoms with Crippen LogP contribution in [0.3, 0.4) is 0 Å². The molecule has 0 aliphatic rings. The molecule has 0 radical (unpaired) electrons. The van der Waals surface area contributed by atoms with Gasteiger partial charge in [-0.25, -0.2) is 13.8 Å². The Hall–Kier alpha value is -2.59. The van der Waals surface area contributed by atoms with Gasteiger partial charge in [0.1, 0.15) is 6.54 Å². The van der Waals surface area contributed by atoms with Crippen LogP contribution in [0.25, 0.3) is 0 Å². The number of hydrogen-bond acceptors (Lipinski definition) is 6. The number of amides is 1. The highest BCUT2D eigenvalue weighted by atomic mass is 79.9. The zero-order chi connectivity index (χ0) is 22.1. The third-order valence-corrected chi connectivity index (χ3v) is 5.44. The van der Waals surface area contributed by atoms with Crippen LogP contribution in [0, 0.1) is 0 Å². The molecule has 0 spiro atoms. The number of benzene rings is 2. The van der Waals surface area contributed by atoms with Crippen LogP contribution in [0.15, 0.2) is 52.0 Å². The Morgan fingerprint density at radius 2 is 1.73 bits per heavy atom. The van der Waals surface area contributed by atoms with Crippen molar-refractivity contribution in [3.8, 4) is 11.5 Å². The number of hydrazone groups is 1. The molecular weight excluding hydrogens is 474 g/mol. The number of carbonyl (C=O) groups is 1. The molecule has 0 saturated carbocycles. The third kappa shape index (κ3) is 7.03. The molecule has 2 aromatic rings. The Labute approximate surface area is 185 Å². The van der Waals surface area contributed by atoms with Crippen molar-refractivity contribution >= 4 is 43.8 Å². The molecule has 1 amide bonds. The summed E-state index contributed by atoms with van der Waals surface area (Å²) in [6, 6.07) is 11.9. The number of nitrogens with one attached hydrogen (secondary N) is 1. The molecule has 0 saturated heterocycles. The molecule has 0 atom stereocenters. The van der Waals surface area contributed by atoms with Gasteiger partial charge >= 0.3 is 0 Å². The predicted molar refractivity (Wildman–Crippen MR) is 121 cm³/mol. The maximum atomic E-state index is 12.3. The zero-order valence-electron chi connectivity index (χ0n) is 17.0. The van der Waals surface area contributed by atoms with Gasteiger partial charge in [-0.05, 0) is 61.9 Å². The molecule has 10 heteroatoms. The number of sulfonamides is 1. The number of rotatable bonds is 10. The zero-order valence-corrected chi connectivity index (χ0v) is 19.4. The largest absolute Gasteiger partial charge is 0.490 e. The Morgan fingerprint density at radius 3 is 2.33 bits per heavy atom. The lowest BCUT2D eigenvalue weighted by atomic mass is 10.2. The van der Waals surface area contributed by atoms with Crippen molar-refractivity contribution in [1.29, 1.82) is 0 Å². The molecule has 0 aliphatic heterocycles. The number of hydrogen-bond donors (Lipinski definition) is 1. The van der Waals surface area contributed by atoms with E-state index in [0.29, 0.717) is 36.0 Å². The Bertz CT molecular complexity index is 994. The smallest absolute Gasteiger partial charge is 0.260 e. The summed E-state index contributed by atoms with van der Waals surface area (Å²) < 4.78 is 37.1. The monoisotopic (exact) mass is 497 g/mol. The van der Waals surface area contributed by atoms with E-state index in [0.717, 1.165) is 15.0 Å². The highest BCUT2D eigenvalue weighted by Crippen LogP contribution is 2.28. The number of halogens is 1. The first kappa shape index (κ1) is 23.7. The van der Waals surface area contributed by atoms with Gasteiger partial charge in [-0.3, -0.25) is 9.10 Å². The lowest BCUT2D eigenvalue weighted by Crippen LogP contribution is -2.39. The van der Waals surface area contributed by atoms with Crippen molar-refractivity contribution < 1.29 is 22.7 Å². The van der Waals surface area contributed by atoms with Crippen LogP contribution in [-0.2, 0) is 14.8 Å². The van der Waals surface area contributed by atoms with Gasteiger partial charge < -0.3 is 9.47 Å². The fourth-order valence-electron chi connectivity index (χ4n) is 2.50. The van der Waals surface area contributed by atoms with Crippen LogP contribution >= 0.6 is 15.9 Å². The van der Waals surface area contributed by atoms with Crippen LogP contribution in [-0.4, -0.2) is 46.6 Å². The van der Waals surface area contributed by atoms with Crippen LogP contribution < -0.4 is 19.2 Å². The summed E-state index contributed by atoms with van der Waals surface area (Å²) in [6.45, 7) is 4.35. The molecular formula is C20H24BrN3O5S. The van der Waals surface area contributed by atoms with E-state index in [-0.39, 0.29) is 0 Å². The van der Waals surface area contributed by atoms with Gasteiger partial charge in [-0.15, -0.1) is 0 Å². The molecule has 0 aliphatic carbocycles. The lowest BCUT2D eigenvalue weighted by Gasteiger charge is -2.21. The molecule has 0 fully saturated rings. The van der Waals surface area contributed by atoms with Gasteiger partial charge in [0.05, 0.1) is 31.4 Å². The lowest BCUT2D eigenvalue weighted by molar-refractivity contribution is -0.119. The van der Waals surface area contributed by atoms with E-state index in [4.69, 9.17) is 9.47 Å². The second kappa shape index (κ2) is 11.0. The van der Waals surface area contributed by atoms with E-state index in [2.05, 4.69) is 26.5 Å². The minimum absolute atomic E-state index is 0.382. The molecule has 2 aromatic carbocycles. The summed E-state index contributed by atoms with van der Waals surface area (Å²) in [5.74, 6) is 0.627. The van der Waals surface area contributed by atoms with E-state index in [1.54, 1.807) is 42.5 Å². The van der Waals surface area contributed by atoms with Crippen molar-refractivity contribution in [1.82, 2.24) is 5.43 Å². The second-order valence-electron chi connectivity index (χ2n) is 6.11. The minimum Gasteiger partial charge on any atom is -0.490 e. The van der Waals surface area contributed by atoms with Gasteiger partial charge in [-0.1, -0.05) is 15.9 Å². The maximum Gasteiger partial charge on any atom is 0.260 e. The molecule has 0 heterocycles. The summed E-state index contributed by atoms with van der Waals surface area (Å²) in [6.07, 6.45) is 2.49. The van der Waals surface area contributed by atoms with Crippen LogP contribution in [0.4, 0.5) is 5.69 Å².